The van der Waals surface area contributed by atoms with Gasteiger partial charge in [-0.25, -0.2) is 4.98 Å². The maximum Gasteiger partial charge on any atom is 0.418 e. The van der Waals surface area contributed by atoms with Crippen LogP contribution in [0.2, 0.25) is 0 Å². The summed E-state index contributed by atoms with van der Waals surface area (Å²) in [6, 6.07) is 5.55. The molecule has 0 saturated carbocycles. The molecule has 1 atom stereocenters. The Morgan fingerprint density at radius 3 is 2.76 bits per heavy atom. The van der Waals surface area contributed by atoms with Crippen LogP contribution in [-0.4, -0.2) is 41.4 Å². The zero-order chi connectivity index (χ0) is 21.2. The quantitative estimate of drug-likeness (QED) is 0.743. The summed E-state index contributed by atoms with van der Waals surface area (Å²) in [5.74, 6) is 0.121. The van der Waals surface area contributed by atoms with Gasteiger partial charge in [-0.3, -0.25) is 9.78 Å². The third kappa shape index (κ3) is 4.93. The SMILES string of the molecule is Cc1ncccc1C(=O)c1nc(N2CCN[C@@H](CC(C)C)C2)ccc1C(F)(F)F.[HH].[HH]. The Morgan fingerprint density at radius 2 is 2.10 bits per heavy atom. The molecule has 3 rings (SSSR count). The van der Waals surface area contributed by atoms with Gasteiger partial charge in [-0.05, 0) is 43.5 Å². The van der Waals surface area contributed by atoms with Crippen molar-refractivity contribution in [1.29, 1.82) is 0 Å². The van der Waals surface area contributed by atoms with Gasteiger partial charge in [0.1, 0.15) is 11.5 Å². The van der Waals surface area contributed by atoms with E-state index in [0.29, 0.717) is 37.1 Å². The van der Waals surface area contributed by atoms with Crippen LogP contribution in [0.15, 0.2) is 30.5 Å². The lowest BCUT2D eigenvalue weighted by atomic mass is 10.0. The summed E-state index contributed by atoms with van der Waals surface area (Å²) in [6.45, 7) is 7.82. The van der Waals surface area contributed by atoms with Gasteiger partial charge >= 0.3 is 6.18 Å². The van der Waals surface area contributed by atoms with Gasteiger partial charge in [-0.15, -0.1) is 0 Å². The fourth-order valence-electron chi connectivity index (χ4n) is 3.64. The van der Waals surface area contributed by atoms with E-state index in [9.17, 15) is 18.0 Å². The van der Waals surface area contributed by atoms with Crippen molar-refractivity contribution in [2.24, 2.45) is 5.92 Å². The Labute approximate surface area is 171 Å². The molecule has 29 heavy (non-hydrogen) atoms. The number of aryl methyl sites for hydroxylation is 1. The molecule has 160 valence electrons. The van der Waals surface area contributed by atoms with Crippen LogP contribution in [0.5, 0.6) is 0 Å². The molecule has 0 aliphatic carbocycles. The lowest BCUT2D eigenvalue weighted by Crippen LogP contribution is -2.51. The number of ketones is 1. The van der Waals surface area contributed by atoms with Gasteiger partial charge in [0, 0.05) is 46.0 Å². The van der Waals surface area contributed by atoms with Crippen LogP contribution in [-0.2, 0) is 6.18 Å². The average molecular weight is 410 g/mol. The maximum atomic E-state index is 13.6. The first-order valence-electron chi connectivity index (χ1n) is 9.69. The van der Waals surface area contributed by atoms with Gasteiger partial charge in [0.15, 0.2) is 0 Å². The minimum Gasteiger partial charge on any atom is -0.354 e. The van der Waals surface area contributed by atoms with E-state index < -0.39 is 23.2 Å². The van der Waals surface area contributed by atoms with Crippen molar-refractivity contribution in [1.82, 2.24) is 15.3 Å². The number of anilines is 1. The predicted molar refractivity (Wildman–Crippen MR) is 109 cm³/mol. The number of pyridine rings is 2. The molecule has 3 heterocycles. The molecule has 2 aromatic heterocycles. The standard InChI is InChI=1S/C21H25F3N4O.2H2/c1-13(2)11-15-12-28(10-9-26-15)18-7-6-17(21(22,23)24)19(27-18)20(29)16-5-4-8-25-14(16)3;;/h4-8,13,15,26H,9-12H2,1-3H3;2*1H/t15-;;/m0../s1. The van der Waals surface area contributed by atoms with Crippen LogP contribution in [0.4, 0.5) is 19.0 Å². The second kappa shape index (κ2) is 8.49. The number of hydrogen-bond donors (Lipinski definition) is 1. The average Bonchev–Trinajstić information content (AvgIpc) is 2.66. The first kappa shape index (κ1) is 21.2. The third-order valence-corrected chi connectivity index (χ3v) is 4.99. The van der Waals surface area contributed by atoms with E-state index in [2.05, 4.69) is 29.1 Å². The summed E-state index contributed by atoms with van der Waals surface area (Å²) >= 11 is 0. The number of carbonyl (C=O) groups excluding carboxylic acids is 1. The summed E-state index contributed by atoms with van der Waals surface area (Å²) in [7, 11) is 0. The molecule has 0 bridgehead atoms. The van der Waals surface area contributed by atoms with E-state index >= 15 is 0 Å². The molecule has 0 amide bonds. The number of piperazine rings is 1. The molecule has 0 unspecified atom stereocenters. The molecule has 1 N–H and O–H groups in total. The summed E-state index contributed by atoms with van der Waals surface area (Å²) < 4.78 is 40.7. The van der Waals surface area contributed by atoms with Crippen molar-refractivity contribution in [3.63, 3.8) is 0 Å². The van der Waals surface area contributed by atoms with Crippen LogP contribution in [0.3, 0.4) is 0 Å². The zero-order valence-corrected chi connectivity index (χ0v) is 16.8. The minimum atomic E-state index is -4.67. The molecule has 8 heteroatoms. The highest BCUT2D eigenvalue weighted by Crippen LogP contribution is 2.34. The molecule has 0 radical (unpaired) electrons. The molecule has 1 aliphatic heterocycles. The lowest BCUT2D eigenvalue weighted by Gasteiger charge is -2.35. The molecular weight excluding hydrogens is 381 g/mol. The minimum absolute atomic E-state index is 0. The number of hydrogen-bond acceptors (Lipinski definition) is 5. The maximum absolute atomic E-state index is 13.6. The number of nitrogens with one attached hydrogen (secondary N) is 1. The van der Waals surface area contributed by atoms with Gasteiger partial charge in [-0.2, -0.15) is 13.2 Å². The van der Waals surface area contributed by atoms with Crippen molar-refractivity contribution in [2.45, 2.75) is 39.4 Å². The molecule has 0 aromatic carbocycles. The van der Waals surface area contributed by atoms with E-state index in [1.54, 1.807) is 6.92 Å². The van der Waals surface area contributed by atoms with E-state index in [1.807, 2.05) is 4.90 Å². The topological polar surface area (TPSA) is 58.1 Å². The highest BCUT2D eigenvalue weighted by atomic mass is 19.4. The smallest absolute Gasteiger partial charge is 0.354 e. The summed E-state index contributed by atoms with van der Waals surface area (Å²) in [5, 5.41) is 3.43. The Kier molecular flexibility index (Phi) is 6.21. The van der Waals surface area contributed by atoms with Crippen molar-refractivity contribution >= 4 is 11.6 Å². The first-order valence-corrected chi connectivity index (χ1v) is 9.69. The van der Waals surface area contributed by atoms with Crippen LogP contribution in [0, 0.1) is 12.8 Å². The van der Waals surface area contributed by atoms with E-state index in [0.717, 1.165) is 12.5 Å². The van der Waals surface area contributed by atoms with Crippen LogP contribution in [0.25, 0.3) is 0 Å². The number of carbonyl (C=O) groups is 1. The van der Waals surface area contributed by atoms with Gasteiger partial charge in [0.25, 0.3) is 0 Å². The summed E-state index contributed by atoms with van der Waals surface area (Å²) in [6.07, 6.45) is -2.22. The molecule has 5 nitrogen and oxygen atoms in total. The van der Waals surface area contributed by atoms with Gasteiger partial charge in [-0.1, -0.05) is 13.8 Å². The van der Waals surface area contributed by atoms with Crippen molar-refractivity contribution < 1.29 is 20.8 Å². The third-order valence-electron chi connectivity index (χ3n) is 4.99. The van der Waals surface area contributed by atoms with Crippen LogP contribution in [0.1, 0.15) is 50.4 Å². The second-order valence-corrected chi connectivity index (χ2v) is 7.76. The van der Waals surface area contributed by atoms with Crippen LogP contribution >= 0.6 is 0 Å². The molecular formula is C21H29F3N4O. The second-order valence-electron chi connectivity index (χ2n) is 7.76. The Balaban J connectivity index is 0.00000240. The highest BCUT2D eigenvalue weighted by Gasteiger charge is 2.37. The van der Waals surface area contributed by atoms with E-state index in [4.69, 9.17) is 0 Å². The lowest BCUT2D eigenvalue weighted by molar-refractivity contribution is -0.138. The van der Waals surface area contributed by atoms with Crippen molar-refractivity contribution in [3.8, 4) is 0 Å². The number of alkyl halides is 3. The first-order chi connectivity index (χ1) is 13.7. The van der Waals surface area contributed by atoms with E-state index in [-0.39, 0.29) is 14.5 Å². The van der Waals surface area contributed by atoms with Gasteiger partial charge < -0.3 is 10.2 Å². The highest BCUT2D eigenvalue weighted by molar-refractivity contribution is 6.09. The fourth-order valence-corrected chi connectivity index (χ4v) is 3.64. The molecule has 0 spiro atoms. The van der Waals surface area contributed by atoms with E-state index in [1.165, 1.54) is 24.4 Å². The molecule has 1 aliphatic rings. The normalized spacial score (nSPS) is 17.6. The zero-order valence-electron chi connectivity index (χ0n) is 16.8. The Morgan fingerprint density at radius 1 is 1.34 bits per heavy atom. The number of halogens is 3. The number of nitrogens with zero attached hydrogens (tertiary/aromatic N) is 3. The van der Waals surface area contributed by atoms with Crippen molar-refractivity contribution in [3.05, 3.63) is 53.0 Å². The number of aromatic nitrogens is 2. The summed E-state index contributed by atoms with van der Waals surface area (Å²) in [5.41, 5.74) is -1.11. The molecule has 1 saturated heterocycles. The predicted octanol–water partition coefficient (Wildman–Crippen LogP) is 4.35. The fraction of sp³-hybridized carbons (Fsp3) is 0.476. The Hall–Kier alpha value is -2.48. The van der Waals surface area contributed by atoms with Gasteiger partial charge in [0.05, 0.1) is 5.56 Å². The molecule has 1 fully saturated rings. The molecule has 2 aromatic rings. The van der Waals surface area contributed by atoms with Gasteiger partial charge in [0.2, 0.25) is 5.78 Å². The largest absolute Gasteiger partial charge is 0.418 e. The Bertz CT molecular complexity index is 893. The number of rotatable bonds is 5. The monoisotopic (exact) mass is 410 g/mol. The van der Waals surface area contributed by atoms with Crippen molar-refractivity contribution in [2.75, 3.05) is 24.5 Å². The van der Waals surface area contributed by atoms with Crippen LogP contribution < -0.4 is 10.2 Å². The summed E-state index contributed by atoms with van der Waals surface area (Å²) in [4.78, 5) is 23.1.